The minimum absolute atomic E-state index is 0.0968. The molecule has 2 heterocycles. The van der Waals surface area contributed by atoms with Gasteiger partial charge in [-0.15, -0.1) is 0 Å². The van der Waals surface area contributed by atoms with Crippen LogP contribution in [0.5, 0.6) is 0 Å². The van der Waals surface area contributed by atoms with E-state index in [1.807, 2.05) is 17.9 Å². The van der Waals surface area contributed by atoms with Gasteiger partial charge in [-0.1, -0.05) is 29.8 Å². The number of amides is 1. The van der Waals surface area contributed by atoms with Crippen LogP contribution in [0.1, 0.15) is 28.5 Å². The van der Waals surface area contributed by atoms with Crippen molar-refractivity contribution < 1.29 is 4.79 Å². The zero-order chi connectivity index (χ0) is 16.2. The van der Waals surface area contributed by atoms with Crippen molar-refractivity contribution >= 4 is 5.91 Å². The van der Waals surface area contributed by atoms with E-state index in [0.29, 0.717) is 5.69 Å². The number of hydrogen-bond acceptors (Lipinski definition) is 3. The normalized spacial score (nSPS) is 15.8. The average molecular weight is 312 g/mol. The lowest BCUT2D eigenvalue weighted by atomic mass is 10.1. The molecule has 0 aliphatic carbocycles. The summed E-state index contributed by atoms with van der Waals surface area (Å²) in [6.45, 7) is 9.19. The van der Waals surface area contributed by atoms with E-state index in [1.165, 1.54) is 11.1 Å². The predicted molar refractivity (Wildman–Crippen MR) is 90.3 cm³/mol. The number of aryl methyl sites for hydroxylation is 2. The second-order valence-electron chi connectivity index (χ2n) is 6.09. The van der Waals surface area contributed by atoms with Gasteiger partial charge in [0, 0.05) is 45.5 Å². The molecule has 3 rings (SSSR count). The molecule has 122 valence electrons. The summed E-state index contributed by atoms with van der Waals surface area (Å²) in [7, 11) is 0. The van der Waals surface area contributed by atoms with Crippen LogP contribution < -0.4 is 0 Å². The molecule has 1 aliphatic heterocycles. The molecule has 2 aromatic rings. The minimum atomic E-state index is 0.0968. The summed E-state index contributed by atoms with van der Waals surface area (Å²) in [5.41, 5.74) is 3.33. The molecule has 5 heteroatoms. The fourth-order valence-corrected chi connectivity index (χ4v) is 3.11. The molecule has 0 unspecified atom stereocenters. The Morgan fingerprint density at radius 3 is 2.65 bits per heavy atom. The Balaban J connectivity index is 1.57. The van der Waals surface area contributed by atoms with Gasteiger partial charge < -0.3 is 4.90 Å². The number of carbonyl (C=O) groups excluding carboxylic acids is 1. The quantitative estimate of drug-likeness (QED) is 0.869. The molecule has 23 heavy (non-hydrogen) atoms. The van der Waals surface area contributed by atoms with Crippen molar-refractivity contribution in [1.29, 1.82) is 0 Å². The van der Waals surface area contributed by atoms with Gasteiger partial charge in [-0.3, -0.25) is 14.4 Å². The maximum atomic E-state index is 12.6. The molecule has 1 amide bonds. The monoisotopic (exact) mass is 312 g/mol. The lowest BCUT2D eigenvalue weighted by molar-refractivity contribution is 0.0616. The highest BCUT2D eigenvalue weighted by molar-refractivity contribution is 5.92. The van der Waals surface area contributed by atoms with Crippen LogP contribution in [0.3, 0.4) is 0 Å². The van der Waals surface area contributed by atoms with Crippen LogP contribution in [-0.4, -0.2) is 51.7 Å². The lowest BCUT2D eigenvalue weighted by Gasteiger charge is -2.34. The number of nitrogens with zero attached hydrogens (tertiary/aromatic N) is 4. The maximum Gasteiger partial charge on any atom is 0.272 e. The summed E-state index contributed by atoms with van der Waals surface area (Å²) in [5.74, 6) is 0.0968. The third-order valence-electron chi connectivity index (χ3n) is 4.38. The van der Waals surface area contributed by atoms with Gasteiger partial charge in [-0.2, -0.15) is 5.10 Å². The predicted octanol–water partition coefficient (Wildman–Crippen LogP) is 2.17. The van der Waals surface area contributed by atoms with Gasteiger partial charge in [0.1, 0.15) is 5.69 Å². The van der Waals surface area contributed by atoms with E-state index in [4.69, 9.17) is 0 Å². The number of hydrogen-bond donors (Lipinski definition) is 0. The molecule has 0 radical (unpaired) electrons. The summed E-state index contributed by atoms with van der Waals surface area (Å²) in [6.07, 6.45) is 1.70. The van der Waals surface area contributed by atoms with Crippen LogP contribution >= 0.6 is 0 Å². The molecule has 1 aromatic carbocycles. The third kappa shape index (κ3) is 3.62. The highest BCUT2D eigenvalue weighted by atomic mass is 16.2. The average Bonchev–Trinajstić information content (AvgIpc) is 3.03. The van der Waals surface area contributed by atoms with Crippen molar-refractivity contribution in [2.45, 2.75) is 26.9 Å². The van der Waals surface area contributed by atoms with E-state index in [1.54, 1.807) is 10.9 Å². The van der Waals surface area contributed by atoms with E-state index in [0.717, 1.165) is 39.3 Å². The van der Waals surface area contributed by atoms with E-state index in [9.17, 15) is 4.79 Å². The van der Waals surface area contributed by atoms with Gasteiger partial charge in [0.15, 0.2) is 0 Å². The van der Waals surface area contributed by atoms with Crippen molar-refractivity contribution in [3.05, 3.63) is 53.3 Å². The Labute approximate surface area is 137 Å². The Morgan fingerprint density at radius 1 is 1.17 bits per heavy atom. The SMILES string of the molecule is CCn1nccc1C(=O)N1CCN(Cc2cccc(C)c2)CC1. The molecule has 0 spiro atoms. The van der Waals surface area contributed by atoms with Crippen molar-refractivity contribution in [2.24, 2.45) is 0 Å². The molecule has 1 aliphatic rings. The summed E-state index contributed by atoms with van der Waals surface area (Å²) < 4.78 is 1.77. The van der Waals surface area contributed by atoms with Gasteiger partial charge in [0.2, 0.25) is 0 Å². The smallest absolute Gasteiger partial charge is 0.272 e. The second-order valence-corrected chi connectivity index (χ2v) is 6.09. The fourth-order valence-electron chi connectivity index (χ4n) is 3.11. The summed E-state index contributed by atoms with van der Waals surface area (Å²) in [6, 6.07) is 10.4. The summed E-state index contributed by atoms with van der Waals surface area (Å²) in [5, 5.41) is 4.19. The molecule has 0 atom stereocenters. The number of aromatic nitrogens is 2. The standard InChI is InChI=1S/C18H24N4O/c1-3-22-17(7-8-19-22)18(23)21-11-9-20(10-12-21)14-16-6-4-5-15(2)13-16/h4-8,13H,3,9-12,14H2,1-2H3. The number of piperazine rings is 1. The third-order valence-corrected chi connectivity index (χ3v) is 4.38. The van der Waals surface area contributed by atoms with Crippen molar-refractivity contribution in [3.63, 3.8) is 0 Å². The van der Waals surface area contributed by atoms with Crippen molar-refractivity contribution in [3.8, 4) is 0 Å². The first-order valence-corrected chi connectivity index (χ1v) is 8.26. The van der Waals surface area contributed by atoms with Crippen LogP contribution in [0.4, 0.5) is 0 Å². The highest BCUT2D eigenvalue weighted by Gasteiger charge is 2.24. The van der Waals surface area contributed by atoms with Gasteiger partial charge in [-0.25, -0.2) is 0 Å². The Morgan fingerprint density at radius 2 is 1.96 bits per heavy atom. The summed E-state index contributed by atoms with van der Waals surface area (Å²) in [4.78, 5) is 16.9. The highest BCUT2D eigenvalue weighted by Crippen LogP contribution is 2.12. The fraction of sp³-hybridized carbons (Fsp3) is 0.444. The van der Waals surface area contributed by atoms with Crippen LogP contribution in [-0.2, 0) is 13.1 Å². The van der Waals surface area contributed by atoms with Crippen LogP contribution in [0, 0.1) is 6.92 Å². The number of rotatable bonds is 4. The molecular weight excluding hydrogens is 288 g/mol. The zero-order valence-electron chi connectivity index (χ0n) is 13.9. The molecule has 0 bridgehead atoms. The first-order valence-electron chi connectivity index (χ1n) is 8.26. The van der Waals surface area contributed by atoms with E-state index in [2.05, 4.69) is 41.2 Å². The Bertz CT molecular complexity index is 671. The first-order chi connectivity index (χ1) is 11.2. The van der Waals surface area contributed by atoms with Crippen LogP contribution in [0.15, 0.2) is 36.5 Å². The van der Waals surface area contributed by atoms with Gasteiger partial charge in [0.05, 0.1) is 0 Å². The first kappa shape index (κ1) is 15.7. The molecule has 1 saturated heterocycles. The van der Waals surface area contributed by atoms with E-state index < -0.39 is 0 Å². The van der Waals surface area contributed by atoms with Crippen molar-refractivity contribution in [2.75, 3.05) is 26.2 Å². The Hall–Kier alpha value is -2.14. The topological polar surface area (TPSA) is 41.4 Å². The molecule has 0 N–H and O–H groups in total. The van der Waals surface area contributed by atoms with Crippen LogP contribution in [0.2, 0.25) is 0 Å². The van der Waals surface area contributed by atoms with Gasteiger partial charge in [-0.05, 0) is 25.5 Å². The van der Waals surface area contributed by atoms with E-state index >= 15 is 0 Å². The molecule has 1 aromatic heterocycles. The zero-order valence-corrected chi connectivity index (χ0v) is 13.9. The van der Waals surface area contributed by atoms with Crippen LogP contribution in [0.25, 0.3) is 0 Å². The maximum absolute atomic E-state index is 12.6. The number of benzene rings is 1. The lowest BCUT2D eigenvalue weighted by Crippen LogP contribution is -2.48. The molecule has 0 saturated carbocycles. The minimum Gasteiger partial charge on any atom is -0.335 e. The molecule has 1 fully saturated rings. The summed E-state index contributed by atoms with van der Waals surface area (Å²) >= 11 is 0. The van der Waals surface area contributed by atoms with Gasteiger partial charge >= 0.3 is 0 Å². The van der Waals surface area contributed by atoms with Gasteiger partial charge in [0.25, 0.3) is 5.91 Å². The second kappa shape index (κ2) is 6.96. The molecule has 5 nitrogen and oxygen atoms in total. The van der Waals surface area contributed by atoms with E-state index in [-0.39, 0.29) is 5.91 Å². The Kier molecular flexibility index (Phi) is 4.76. The number of carbonyl (C=O) groups is 1. The largest absolute Gasteiger partial charge is 0.335 e. The molecular formula is C18H24N4O. The van der Waals surface area contributed by atoms with Crippen molar-refractivity contribution in [1.82, 2.24) is 19.6 Å².